The van der Waals surface area contributed by atoms with Gasteiger partial charge in [-0.3, -0.25) is 5.32 Å². The number of carbonyl (C=O) groups is 1. The number of piperazine rings is 1. The molecule has 30 heavy (non-hydrogen) atoms. The first-order valence-electron chi connectivity index (χ1n) is 10.4. The van der Waals surface area contributed by atoms with Crippen LogP contribution in [0.3, 0.4) is 0 Å². The lowest BCUT2D eigenvalue weighted by Crippen LogP contribution is -2.44. The van der Waals surface area contributed by atoms with Gasteiger partial charge in [0.1, 0.15) is 5.82 Å². The number of aromatic nitrogens is 2. The van der Waals surface area contributed by atoms with Gasteiger partial charge in [0.25, 0.3) is 0 Å². The van der Waals surface area contributed by atoms with Crippen LogP contribution in [-0.2, 0) is 0 Å². The quantitative estimate of drug-likeness (QED) is 0.691. The Kier molecular flexibility index (Phi) is 6.29. The highest BCUT2D eigenvalue weighted by molar-refractivity contribution is 5.99. The van der Waals surface area contributed by atoms with E-state index in [9.17, 15) is 9.90 Å². The van der Waals surface area contributed by atoms with Gasteiger partial charge in [-0.15, -0.1) is 0 Å². The molecule has 9 nitrogen and oxygen atoms in total. The number of urea groups is 1. The Hall–Kier alpha value is -2.91. The fraction of sp³-hybridized carbons (Fsp3) is 0.476. The van der Waals surface area contributed by atoms with Crippen molar-refractivity contribution in [3.05, 3.63) is 36.5 Å². The number of benzene rings is 1. The molecule has 1 atom stereocenters. The van der Waals surface area contributed by atoms with Crippen LogP contribution in [0.2, 0.25) is 0 Å². The Balaban J connectivity index is 1.38. The highest BCUT2D eigenvalue weighted by Crippen LogP contribution is 2.23. The van der Waals surface area contributed by atoms with Crippen molar-refractivity contribution in [1.82, 2.24) is 14.9 Å². The number of rotatable bonds is 5. The molecule has 2 fully saturated rings. The van der Waals surface area contributed by atoms with E-state index in [0.717, 1.165) is 56.9 Å². The Morgan fingerprint density at radius 2 is 2.00 bits per heavy atom. The van der Waals surface area contributed by atoms with Gasteiger partial charge >= 0.3 is 6.03 Å². The van der Waals surface area contributed by atoms with Crippen LogP contribution in [0.15, 0.2) is 36.5 Å². The monoisotopic (exact) mass is 411 g/mol. The number of carbonyl (C=O) groups excluding carboxylic acids is 1. The molecule has 2 aliphatic rings. The minimum Gasteiger partial charge on any atom is -0.394 e. The van der Waals surface area contributed by atoms with E-state index in [1.165, 1.54) is 0 Å². The fourth-order valence-corrected chi connectivity index (χ4v) is 3.97. The molecule has 9 heteroatoms. The molecule has 0 spiro atoms. The molecule has 2 aromatic rings. The van der Waals surface area contributed by atoms with Crippen molar-refractivity contribution in [2.45, 2.75) is 18.9 Å². The third-order valence-electron chi connectivity index (χ3n) is 5.70. The molecule has 3 N–H and O–H groups in total. The number of likely N-dealkylation sites (N-methyl/N-ethyl adjacent to an activating group) is 1. The number of nitrogens with zero attached hydrogens (tertiary/aromatic N) is 5. The lowest BCUT2D eigenvalue weighted by atomic mass is 10.2. The molecule has 1 unspecified atom stereocenters. The highest BCUT2D eigenvalue weighted by atomic mass is 16.3. The zero-order chi connectivity index (χ0) is 20.9. The smallest absolute Gasteiger partial charge is 0.324 e. The molecule has 2 amide bonds. The summed E-state index contributed by atoms with van der Waals surface area (Å²) in [5.74, 6) is 0.956. The molecule has 0 bridgehead atoms. The van der Waals surface area contributed by atoms with Crippen molar-refractivity contribution in [3.63, 3.8) is 0 Å². The van der Waals surface area contributed by atoms with Crippen LogP contribution in [0.1, 0.15) is 12.8 Å². The Labute approximate surface area is 176 Å². The maximum absolute atomic E-state index is 12.5. The largest absolute Gasteiger partial charge is 0.394 e. The summed E-state index contributed by atoms with van der Waals surface area (Å²) >= 11 is 0. The molecule has 1 aromatic carbocycles. The lowest BCUT2D eigenvalue weighted by Gasteiger charge is -2.34. The first-order valence-corrected chi connectivity index (χ1v) is 10.4. The predicted molar refractivity (Wildman–Crippen MR) is 118 cm³/mol. The topological polar surface area (TPSA) is 96.9 Å². The molecule has 3 heterocycles. The summed E-state index contributed by atoms with van der Waals surface area (Å²) in [7, 11) is 2.13. The van der Waals surface area contributed by atoms with Crippen molar-refractivity contribution in [3.8, 4) is 0 Å². The normalized spacial score (nSPS) is 19.7. The third kappa shape index (κ3) is 4.80. The van der Waals surface area contributed by atoms with Crippen LogP contribution in [-0.4, -0.2) is 78.4 Å². The van der Waals surface area contributed by atoms with Gasteiger partial charge in [-0.2, -0.15) is 4.98 Å². The maximum Gasteiger partial charge on any atom is 0.324 e. The second-order valence-electron chi connectivity index (χ2n) is 7.83. The minimum atomic E-state index is -0.352. The number of aliphatic hydroxyl groups excluding tert-OH is 1. The Morgan fingerprint density at radius 3 is 2.80 bits per heavy atom. The number of nitrogens with one attached hydrogen (secondary N) is 2. The van der Waals surface area contributed by atoms with E-state index in [4.69, 9.17) is 0 Å². The summed E-state index contributed by atoms with van der Waals surface area (Å²) in [4.78, 5) is 27.9. The number of amides is 2. The van der Waals surface area contributed by atoms with Crippen molar-refractivity contribution < 1.29 is 9.90 Å². The first-order chi connectivity index (χ1) is 14.6. The van der Waals surface area contributed by atoms with E-state index in [1.807, 2.05) is 23.1 Å². The van der Waals surface area contributed by atoms with E-state index in [-0.39, 0.29) is 18.7 Å². The molecule has 4 rings (SSSR count). The summed E-state index contributed by atoms with van der Waals surface area (Å²) in [5.41, 5.74) is 1.84. The second-order valence-corrected chi connectivity index (χ2v) is 7.83. The summed E-state index contributed by atoms with van der Waals surface area (Å²) in [6, 6.07) is 9.23. The molecular formula is C21H29N7O2. The molecule has 0 radical (unpaired) electrons. The predicted octanol–water partition coefficient (Wildman–Crippen LogP) is 1.83. The number of hydrogen-bond acceptors (Lipinski definition) is 7. The van der Waals surface area contributed by atoms with Gasteiger partial charge in [-0.05, 0) is 44.2 Å². The molecule has 0 saturated carbocycles. The Bertz CT molecular complexity index is 870. The van der Waals surface area contributed by atoms with Crippen LogP contribution in [0, 0.1) is 0 Å². The van der Waals surface area contributed by atoms with Crippen LogP contribution >= 0.6 is 0 Å². The zero-order valence-electron chi connectivity index (χ0n) is 17.3. The number of aliphatic hydroxyl groups is 1. The van der Waals surface area contributed by atoms with Crippen molar-refractivity contribution in [1.29, 1.82) is 0 Å². The van der Waals surface area contributed by atoms with E-state index >= 15 is 0 Å². The molecular weight excluding hydrogens is 382 g/mol. The van der Waals surface area contributed by atoms with Gasteiger partial charge < -0.3 is 25.1 Å². The SMILES string of the molecule is CN1CCN(c2cccc(NC(=O)Nc3ccnc(N4CCCC4CO)n3)c2)CC1. The van der Waals surface area contributed by atoms with Crippen molar-refractivity contribution in [2.24, 2.45) is 0 Å². The average Bonchev–Trinajstić information content (AvgIpc) is 3.23. The van der Waals surface area contributed by atoms with Gasteiger partial charge in [0.05, 0.1) is 12.6 Å². The van der Waals surface area contributed by atoms with E-state index in [0.29, 0.717) is 11.8 Å². The van der Waals surface area contributed by atoms with Gasteiger partial charge in [0.15, 0.2) is 0 Å². The lowest BCUT2D eigenvalue weighted by molar-refractivity contribution is 0.262. The van der Waals surface area contributed by atoms with Gasteiger partial charge in [0.2, 0.25) is 5.95 Å². The van der Waals surface area contributed by atoms with Crippen LogP contribution in [0.25, 0.3) is 0 Å². The van der Waals surface area contributed by atoms with Crippen LogP contribution in [0.5, 0.6) is 0 Å². The Morgan fingerprint density at radius 1 is 1.17 bits per heavy atom. The zero-order valence-corrected chi connectivity index (χ0v) is 17.3. The van der Waals surface area contributed by atoms with Crippen LogP contribution < -0.4 is 20.4 Å². The van der Waals surface area contributed by atoms with Crippen molar-refractivity contribution >= 4 is 29.2 Å². The highest BCUT2D eigenvalue weighted by Gasteiger charge is 2.26. The summed E-state index contributed by atoms with van der Waals surface area (Å²) in [6.07, 6.45) is 3.54. The molecule has 0 aliphatic carbocycles. The van der Waals surface area contributed by atoms with Crippen LogP contribution in [0.4, 0.5) is 27.9 Å². The van der Waals surface area contributed by atoms with E-state index in [1.54, 1.807) is 12.3 Å². The molecule has 2 aliphatic heterocycles. The van der Waals surface area contributed by atoms with Gasteiger partial charge in [-0.1, -0.05) is 6.07 Å². The summed E-state index contributed by atoms with van der Waals surface area (Å²) in [5, 5.41) is 15.2. The summed E-state index contributed by atoms with van der Waals surface area (Å²) < 4.78 is 0. The number of hydrogen-bond donors (Lipinski definition) is 3. The fourth-order valence-electron chi connectivity index (χ4n) is 3.97. The molecule has 160 valence electrons. The van der Waals surface area contributed by atoms with E-state index in [2.05, 4.69) is 43.5 Å². The van der Waals surface area contributed by atoms with Gasteiger partial charge in [-0.25, -0.2) is 9.78 Å². The third-order valence-corrected chi connectivity index (χ3v) is 5.70. The molecule has 2 saturated heterocycles. The summed E-state index contributed by atoms with van der Waals surface area (Å²) in [6.45, 7) is 4.89. The second kappa shape index (κ2) is 9.27. The standard InChI is InChI=1S/C21H29N7O2/c1-26-10-12-27(13-11-26)17-5-2-4-16(14-17)23-21(30)25-19-7-8-22-20(24-19)28-9-3-6-18(28)15-29/h2,4-5,7-8,14,18,29H,3,6,9-13,15H2,1H3,(H2,22,23,24,25,30). The van der Waals surface area contributed by atoms with Gasteiger partial charge in [0, 0.05) is 50.3 Å². The van der Waals surface area contributed by atoms with E-state index < -0.39 is 0 Å². The maximum atomic E-state index is 12.5. The first kappa shape index (κ1) is 20.4. The number of anilines is 4. The molecule has 1 aromatic heterocycles. The minimum absolute atomic E-state index is 0.0337. The average molecular weight is 412 g/mol. The van der Waals surface area contributed by atoms with Crippen molar-refractivity contribution in [2.75, 3.05) is 66.8 Å².